The Morgan fingerprint density at radius 1 is 0.957 bits per heavy atom. The van der Waals surface area contributed by atoms with Crippen LogP contribution in [0.1, 0.15) is 47.2 Å². The lowest BCUT2D eigenvalue weighted by atomic mass is 9.98. The number of thiocarbonyl (C=S) groups is 1. The Kier molecular flexibility index (Phi) is 5.78. The van der Waals surface area contributed by atoms with Crippen LogP contribution in [-0.4, -0.2) is 5.11 Å². The summed E-state index contributed by atoms with van der Waals surface area (Å²) in [5.41, 5.74) is 7.48. The number of benzene rings is 2. The van der Waals surface area contributed by atoms with Crippen LogP contribution in [-0.2, 0) is 0 Å². The van der Waals surface area contributed by atoms with Crippen molar-refractivity contribution in [3.63, 3.8) is 0 Å². The zero-order chi connectivity index (χ0) is 17.0. The fraction of sp³-hybridized carbons (Fsp3) is 0.350. The highest BCUT2D eigenvalue weighted by Gasteiger charge is 2.13. The molecule has 2 aromatic rings. The van der Waals surface area contributed by atoms with Crippen molar-refractivity contribution >= 4 is 23.0 Å². The summed E-state index contributed by atoms with van der Waals surface area (Å²) >= 11 is 5.50. The van der Waals surface area contributed by atoms with Crippen LogP contribution in [0.15, 0.2) is 36.4 Å². The molecule has 23 heavy (non-hydrogen) atoms. The minimum Gasteiger partial charge on any atom is -0.356 e. The number of hydrogen-bond donors (Lipinski definition) is 2. The lowest BCUT2D eigenvalue weighted by Gasteiger charge is -2.22. The summed E-state index contributed by atoms with van der Waals surface area (Å²) in [6.07, 6.45) is 0.985. The van der Waals surface area contributed by atoms with Crippen LogP contribution in [0.4, 0.5) is 5.69 Å². The first kappa shape index (κ1) is 17.5. The van der Waals surface area contributed by atoms with Crippen molar-refractivity contribution in [1.29, 1.82) is 0 Å². The summed E-state index contributed by atoms with van der Waals surface area (Å²) in [5.74, 6) is 0. The van der Waals surface area contributed by atoms with E-state index >= 15 is 0 Å². The minimum absolute atomic E-state index is 0.224. The molecule has 0 unspecified atom stereocenters. The Labute approximate surface area is 145 Å². The van der Waals surface area contributed by atoms with Crippen molar-refractivity contribution < 1.29 is 0 Å². The van der Waals surface area contributed by atoms with Crippen LogP contribution in [0.5, 0.6) is 0 Å². The highest BCUT2D eigenvalue weighted by atomic mass is 32.1. The molecule has 0 heterocycles. The summed E-state index contributed by atoms with van der Waals surface area (Å²) in [4.78, 5) is 0. The molecule has 0 fully saturated rings. The van der Waals surface area contributed by atoms with Crippen molar-refractivity contribution in [2.45, 2.75) is 47.1 Å². The number of hydrogen-bond acceptors (Lipinski definition) is 1. The predicted octanol–water partition coefficient (Wildman–Crippen LogP) is 5.36. The van der Waals surface area contributed by atoms with Crippen LogP contribution in [0, 0.1) is 27.7 Å². The van der Waals surface area contributed by atoms with Gasteiger partial charge in [-0.1, -0.05) is 36.8 Å². The van der Waals surface area contributed by atoms with E-state index in [0.717, 1.165) is 12.1 Å². The molecule has 0 bridgehead atoms. The van der Waals surface area contributed by atoms with Gasteiger partial charge in [-0.15, -0.1) is 0 Å². The van der Waals surface area contributed by atoms with Gasteiger partial charge in [0.15, 0.2) is 5.11 Å². The molecule has 3 heteroatoms. The third-order valence-corrected chi connectivity index (χ3v) is 4.50. The second kappa shape index (κ2) is 7.60. The molecule has 0 saturated carbocycles. The van der Waals surface area contributed by atoms with Gasteiger partial charge in [0.05, 0.1) is 6.04 Å². The number of rotatable bonds is 4. The first-order valence-electron chi connectivity index (χ1n) is 8.12. The highest BCUT2D eigenvalue weighted by Crippen LogP contribution is 2.22. The second-order valence-electron chi connectivity index (χ2n) is 6.22. The van der Waals surface area contributed by atoms with E-state index in [2.05, 4.69) is 81.7 Å². The maximum atomic E-state index is 5.50. The van der Waals surface area contributed by atoms with Crippen molar-refractivity contribution in [2.24, 2.45) is 0 Å². The van der Waals surface area contributed by atoms with Crippen molar-refractivity contribution in [3.8, 4) is 0 Å². The molecule has 0 spiro atoms. The summed E-state index contributed by atoms with van der Waals surface area (Å²) in [5, 5.41) is 7.41. The highest BCUT2D eigenvalue weighted by molar-refractivity contribution is 7.80. The summed E-state index contributed by atoms with van der Waals surface area (Å²) in [6.45, 7) is 10.7. The van der Waals surface area contributed by atoms with Gasteiger partial charge in [0.2, 0.25) is 0 Å². The topological polar surface area (TPSA) is 24.1 Å². The van der Waals surface area contributed by atoms with E-state index in [1.165, 1.54) is 27.8 Å². The first-order valence-corrected chi connectivity index (χ1v) is 8.53. The van der Waals surface area contributed by atoms with Gasteiger partial charge in [0.1, 0.15) is 0 Å². The van der Waals surface area contributed by atoms with Crippen LogP contribution >= 0.6 is 12.2 Å². The van der Waals surface area contributed by atoms with Gasteiger partial charge in [0, 0.05) is 5.69 Å². The van der Waals surface area contributed by atoms with Gasteiger partial charge in [0.25, 0.3) is 0 Å². The lowest BCUT2D eigenvalue weighted by molar-refractivity contribution is 0.625. The monoisotopic (exact) mass is 326 g/mol. The molecule has 1 atom stereocenters. The largest absolute Gasteiger partial charge is 0.356 e. The third kappa shape index (κ3) is 4.55. The molecule has 122 valence electrons. The van der Waals surface area contributed by atoms with E-state index in [-0.39, 0.29) is 6.04 Å². The van der Waals surface area contributed by atoms with Crippen molar-refractivity contribution in [3.05, 3.63) is 64.2 Å². The molecular formula is C20H26N2S. The van der Waals surface area contributed by atoms with Crippen molar-refractivity contribution in [2.75, 3.05) is 5.32 Å². The molecule has 0 aliphatic rings. The Morgan fingerprint density at radius 2 is 1.70 bits per heavy atom. The second-order valence-corrected chi connectivity index (χ2v) is 6.63. The average Bonchev–Trinajstić information content (AvgIpc) is 2.49. The van der Waals surface area contributed by atoms with E-state index in [1.807, 2.05) is 0 Å². The van der Waals surface area contributed by atoms with Gasteiger partial charge < -0.3 is 10.6 Å². The Bertz CT molecular complexity index is 707. The van der Waals surface area contributed by atoms with Crippen LogP contribution < -0.4 is 10.6 Å². The van der Waals surface area contributed by atoms with E-state index in [4.69, 9.17) is 12.2 Å². The third-order valence-electron chi connectivity index (χ3n) is 4.28. The van der Waals surface area contributed by atoms with Crippen LogP contribution in [0.2, 0.25) is 0 Å². The zero-order valence-corrected chi connectivity index (χ0v) is 15.5. The molecule has 2 rings (SSSR count). The molecule has 2 aromatic carbocycles. The van der Waals surface area contributed by atoms with E-state index < -0.39 is 0 Å². The van der Waals surface area contributed by atoms with E-state index in [9.17, 15) is 0 Å². The summed E-state index contributed by atoms with van der Waals surface area (Å²) < 4.78 is 0. The van der Waals surface area contributed by atoms with Gasteiger partial charge >= 0.3 is 0 Å². The molecule has 0 amide bonds. The molecule has 0 aliphatic carbocycles. The predicted molar refractivity (Wildman–Crippen MR) is 104 cm³/mol. The van der Waals surface area contributed by atoms with E-state index in [0.29, 0.717) is 5.11 Å². The molecule has 2 N–H and O–H groups in total. The smallest absolute Gasteiger partial charge is 0.171 e. The lowest BCUT2D eigenvalue weighted by Crippen LogP contribution is -2.32. The average molecular weight is 327 g/mol. The fourth-order valence-corrected chi connectivity index (χ4v) is 3.02. The Balaban J connectivity index is 2.08. The Hall–Kier alpha value is -1.87. The van der Waals surface area contributed by atoms with Gasteiger partial charge in [-0.05, 0) is 80.7 Å². The quantitative estimate of drug-likeness (QED) is 0.740. The molecule has 0 aromatic heterocycles. The van der Waals surface area contributed by atoms with Crippen LogP contribution in [0.3, 0.4) is 0 Å². The fourth-order valence-electron chi connectivity index (χ4n) is 2.76. The standard InChI is InChI=1S/C20H26N2S/c1-6-19(18-10-7-13(2)11-16(18)5)22-20(23)21-17-9-8-14(3)15(4)12-17/h7-12,19H,6H2,1-5H3,(H2,21,22,23)/t19-/m0/s1. The summed E-state index contributed by atoms with van der Waals surface area (Å²) in [7, 11) is 0. The van der Waals surface area contributed by atoms with Crippen molar-refractivity contribution in [1.82, 2.24) is 5.32 Å². The number of anilines is 1. The van der Waals surface area contributed by atoms with Gasteiger partial charge in [-0.2, -0.15) is 0 Å². The molecule has 2 nitrogen and oxygen atoms in total. The maximum absolute atomic E-state index is 5.50. The summed E-state index contributed by atoms with van der Waals surface area (Å²) in [6, 6.07) is 13.1. The Morgan fingerprint density at radius 3 is 2.30 bits per heavy atom. The van der Waals surface area contributed by atoms with Gasteiger partial charge in [-0.3, -0.25) is 0 Å². The number of aryl methyl sites for hydroxylation is 4. The normalized spacial score (nSPS) is 11.9. The molecule has 0 saturated heterocycles. The molecular weight excluding hydrogens is 300 g/mol. The zero-order valence-electron chi connectivity index (χ0n) is 14.7. The van der Waals surface area contributed by atoms with Crippen LogP contribution in [0.25, 0.3) is 0 Å². The maximum Gasteiger partial charge on any atom is 0.171 e. The van der Waals surface area contributed by atoms with Gasteiger partial charge in [-0.25, -0.2) is 0 Å². The molecule has 0 radical (unpaired) electrons. The minimum atomic E-state index is 0.224. The first-order chi connectivity index (χ1) is 10.9. The SMILES string of the molecule is CC[C@H](NC(=S)Nc1ccc(C)c(C)c1)c1ccc(C)cc1C. The van der Waals surface area contributed by atoms with E-state index in [1.54, 1.807) is 0 Å². The molecule has 0 aliphatic heterocycles. The number of nitrogens with one attached hydrogen (secondary N) is 2.